The van der Waals surface area contributed by atoms with Crippen LogP contribution in [0.5, 0.6) is 0 Å². The summed E-state index contributed by atoms with van der Waals surface area (Å²) in [5, 5.41) is 3.56. The van der Waals surface area contributed by atoms with Crippen LogP contribution in [0.3, 0.4) is 0 Å². The lowest BCUT2D eigenvalue weighted by Gasteiger charge is -2.12. The van der Waals surface area contributed by atoms with E-state index >= 15 is 0 Å². The van der Waals surface area contributed by atoms with Gasteiger partial charge in [-0.2, -0.15) is 0 Å². The highest BCUT2D eigenvalue weighted by Crippen LogP contribution is 2.31. The van der Waals surface area contributed by atoms with Crippen LogP contribution in [0.15, 0.2) is 24.3 Å². The molecule has 2 aromatic rings. The fourth-order valence-corrected chi connectivity index (χ4v) is 1.97. The van der Waals surface area contributed by atoms with Crippen LogP contribution in [0.1, 0.15) is 5.56 Å². The number of pyridine rings is 1. The summed E-state index contributed by atoms with van der Waals surface area (Å²) in [5.74, 6) is 5.56. The number of nitrogen functional groups attached to an aromatic ring is 1. The van der Waals surface area contributed by atoms with Crippen molar-refractivity contribution in [3.8, 4) is 0 Å². The average Bonchev–Trinajstić information content (AvgIpc) is 2.37. The normalized spacial score (nSPS) is 10.4. The molecular weight excluding hydrogens is 290 g/mol. The summed E-state index contributed by atoms with van der Waals surface area (Å²) in [4.78, 5) is 4.12. The fraction of sp³-hybridized carbons (Fsp3) is 0.0833. The molecular formula is C12H11Cl2FN4. The Morgan fingerprint density at radius 3 is 2.53 bits per heavy atom. The predicted molar refractivity (Wildman–Crippen MR) is 76.5 cm³/mol. The van der Waals surface area contributed by atoms with Gasteiger partial charge in [0.2, 0.25) is 0 Å². The van der Waals surface area contributed by atoms with Gasteiger partial charge in [-0.25, -0.2) is 15.2 Å². The highest BCUT2D eigenvalue weighted by atomic mass is 35.5. The van der Waals surface area contributed by atoms with Crippen LogP contribution in [0.25, 0.3) is 0 Å². The third-order valence-electron chi connectivity index (χ3n) is 2.52. The summed E-state index contributed by atoms with van der Waals surface area (Å²) < 4.78 is 13.2. The molecule has 0 radical (unpaired) electrons. The molecule has 0 aliphatic rings. The summed E-state index contributed by atoms with van der Waals surface area (Å²) in [7, 11) is 0. The SMILES string of the molecule is Cc1ccc(F)cc1Nc1nc(NN)c(Cl)cc1Cl. The predicted octanol–water partition coefficient (Wildman–Crippen LogP) is 3.87. The number of anilines is 3. The summed E-state index contributed by atoms with van der Waals surface area (Å²) in [5.41, 5.74) is 3.79. The molecule has 0 saturated carbocycles. The molecule has 0 fully saturated rings. The zero-order chi connectivity index (χ0) is 14.0. The first-order valence-corrected chi connectivity index (χ1v) is 6.12. The zero-order valence-corrected chi connectivity index (χ0v) is 11.5. The van der Waals surface area contributed by atoms with Crippen molar-refractivity contribution in [3.05, 3.63) is 45.7 Å². The van der Waals surface area contributed by atoms with E-state index in [4.69, 9.17) is 29.0 Å². The van der Waals surface area contributed by atoms with Crippen LogP contribution >= 0.6 is 23.2 Å². The Morgan fingerprint density at radius 1 is 1.16 bits per heavy atom. The van der Waals surface area contributed by atoms with E-state index in [-0.39, 0.29) is 11.6 Å². The number of aryl methyl sites for hydroxylation is 1. The molecule has 0 aliphatic carbocycles. The van der Waals surface area contributed by atoms with Crippen molar-refractivity contribution in [2.45, 2.75) is 6.92 Å². The number of hydrogen-bond acceptors (Lipinski definition) is 4. The van der Waals surface area contributed by atoms with E-state index in [1.54, 1.807) is 6.07 Å². The monoisotopic (exact) mass is 300 g/mol. The summed E-state index contributed by atoms with van der Waals surface area (Å²) in [6, 6.07) is 5.90. The largest absolute Gasteiger partial charge is 0.339 e. The Labute approximate surface area is 119 Å². The smallest absolute Gasteiger partial charge is 0.161 e. The maximum atomic E-state index is 13.2. The summed E-state index contributed by atoms with van der Waals surface area (Å²) >= 11 is 11.9. The molecule has 0 bridgehead atoms. The van der Waals surface area contributed by atoms with Gasteiger partial charge in [0.05, 0.1) is 10.0 Å². The Kier molecular flexibility index (Phi) is 4.09. The molecule has 19 heavy (non-hydrogen) atoms. The average molecular weight is 301 g/mol. The summed E-state index contributed by atoms with van der Waals surface area (Å²) in [6.07, 6.45) is 0. The van der Waals surface area contributed by atoms with E-state index in [2.05, 4.69) is 15.7 Å². The topological polar surface area (TPSA) is 63.0 Å². The second-order valence-corrected chi connectivity index (χ2v) is 4.69. The maximum Gasteiger partial charge on any atom is 0.161 e. The van der Waals surface area contributed by atoms with Gasteiger partial charge in [-0.3, -0.25) is 0 Å². The van der Waals surface area contributed by atoms with Crippen LogP contribution in [-0.2, 0) is 0 Å². The molecule has 4 nitrogen and oxygen atoms in total. The van der Waals surface area contributed by atoms with Crippen LogP contribution < -0.4 is 16.6 Å². The highest BCUT2D eigenvalue weighted by Gasteiger charge is 2.10. The lowest BCUT2D eigenvalue weighted by atomic mass is 10.2. The number of hydrogen-bond donors (Lipinski definition) is 3. The van der Waals surface area contributed by atoms with Crippen LogP contribution in [-0.4, -0.2) is 4.98 Å². The van der Waals surface area contributed by atoms with Crippen LogP contribution in [0.4, 0.5) is 21.7 Å². The molecule has 0 aliphatic heterocycles. The zero-order valence-electron chi connectivity index (χ0n) is 9.97. The van der Waals surface area contributed by atoms with Crippen molar-refractivity contribution in [2.24, 2.45) is 5.84 Å². The molecule has 0 amide bonds. The van der Waals surface area contributed by atoms with E-state index in [1.165, 1.54) is 18.2 Å². The molecule has 0 unspecified atom stereocenters. The van der Waals surface area contributed by atoms with Crippen molar-refractivity contribution < 1.29 is 4.39 Å². The molecule has 0 saturated heterocycles. The van der Waals surface area contributed by atoms with Crippen LogP contribution in [0, 0.1) is 12.7 Å². The first-order chi connectivity index (χ1) is 9.01. The van der Waals surface area contributed by atoms with E-state index in [0.717, 1.165) is 5.56 Å². The Hall–Kier alpha value is -1.56. The number of nitrogens with two attached hydrogens (primary N) is 1. The molecule has 0 atom stereocenters. The second kappa shape index (κ2) is 5.61. The van der Waals surface area contributed by atoms with Crippen molar-refractivity contribution in [2.75, 3.05) is 10.7 Å². The van der Waals surface area contributed by atoms with Gasteiger partial charge >= 0.3 is 0 Å². The highest BCUT2D eigenvalue weighted by molar-refractivity contribution is 6.37. The first kappa shape index (κ1) is 13.9. The van der Waals surface area contributed by atoms with Crippen molar-refractivity contribution in [3.63, 3.8) is 0 Å². The van der Waals surface area contributed by atoms with Gasteiger partial charge in [-0.05, 0) is 30.7 Å². The van der Waals surface area contributed by atoms with E-state index in [1.807, 2.05) is 6.92 Å². The molecule has 2 rings (SSSR count). The quantitative estimate of drug-likeness (QED) is 0.595. The molecule has 1 aromatic carbocycles. The van der Waals surface area contributed by atoms with Gasteiger partial charge in [0.15, 0.2) is 11.6 Å². The standard InChI is InChI=1S/C12H11Cl2FN4/c1-6-2-3-7(15)4-10(6)17-11-8(13)5-9(14)12(18-11)19-16/h2-5H,16H2,1H3,(H2,17,18,19). The molecule has 100 valence electrons. The second-order valence-electron chi connectivity index (χ2n) is 3.88. The number of halogens is 3. The van der Waals surface area contributed by atoms with Gasteiger partial charge < -0.3 is 10.7 Å². The number of benzene rings is 1. The fourth-order valence-electron chi connectivity index (χ4n) is 1.51. The van der Waals surface area contributed by atoms with Gasteiger partial charge in [-0.1, -0.05) is 29.3 Å². The van der Waals surface area contributed by atoms with Gasteiger partial charge in [0.1, 0.15) is 5.82 Å². The number of rotatable bonds is 3. The molecule has 0 spiro atoms. The Morgan fingerprint density at radius 2 is 1.84 bits per heavy atom. The van der Waals surface area contributed by atoms with E-state index < -0.39 is 0 Å². The van der Waals surface area contributed by atoms with Gasteiger partial charge in [0, 0.05) is 5.69 Å². The lowest BCUT2D eigenvalue weighted by molar-refractivity contribution is 0.628. The van der Waals surface area contributed by atoms with E-state index in [9.17, 15) is 4.39 Å². The summed E-state index contributed by atoms with van der Waals surface area (Å²) in [6.45, 7) is 1.84. The van der Waals surface area contributed by atoms with Crippen molar-refractivity contribution >= 4 is 40.5 Å². The molecule has 1 aromatic heterocycles. The van der Waals surface area contributed by atoms with Crippen molar-refractivity contribution in [1.29, 1.82) is 0 Å². The van der Waals surface area contributed by atoms with Gasteiger partial charge in [-0.15, -0.1) is 0 Å². The Balaban J connectivity index is 2.40. The number of hydrazine groups is 1. The minimum atomic E-state index is -0.352. The molecule has 7 heteroatoms. The molecule has 4 N–H and O–H groups in total. The van der Waals surface area contributed by atoms with Gasteiger partial charge in [0.25, 0.3) is 0 Å². The third kappa shape index (κ3) is 3.07. The minimum Gasteiger partial charge on any atom is -0.339 e. The maximum absolute atomic E-state index is 13.2. The van der Waals surface area contributed by atoms with Crippen LogP contribution in [0.2, 0.25) is 10.0 Å². The number of nitrogens with one attached hydrogen (secondary N) is 2. The third-order valence-corrected chi connectivity index (χ3v) is 3.10. The lowest BCUT2D eigenvalue weighted by Crippen LogP contribution is -2.10. The number of aromatic nitrogens is 1. The van der Waals surface area contributed by atoms with E-state index in [0.29, 0.717) is 21.6 Å². The Bertz CT molecular complexity index is 619. The minimum absolute atomic E-state index is 0.280. The first-order valence-electron chi connectivity index (χ1n) is 5.37. The molecule has 1 heterocycles. The van der Waals surface area contributed by atoms with Crippen molar-refractivity contribution in [1.82, 2.24) is 4.98 Å². The number of nitrogens with zero attached hydrogens (tertiary/aromatic N) is 1.